The number of aromatic nitrogens is 1. The SMILES string of the molecule is FC(F)(F)c1ccc(Br)cc1NCc1cscn1. The van der Waals surface area contributed by atoms with E-state index >= 15 is 0 Å². The molecule has 0 radical (unpaired) electrons. The summed E-state index contributed by atoms with van der Waals surface area (Å²) in [6, 6.07) is 3.83. The van der Waals surface area contributed by atoms with Gasteiger partial charge in [-0.1, -0.05) is 15.9 Å². The van der Waals surface area contributed by atoms with Crippen LogP contribution in [0, 0.1) is 0 Å². The zero-order chi connectivity index (χ0) is 13.2. The minimum atomic E-state index is -4.37. The van der Waals surface area contributed by atoms with Gasteiger partial charge in [-0.2, -0.15) is 13.2 Å². The standard InChI is InChI=1S/C11H8BrF3N2S/c12-7-1-2-9(11(13,14)15)10(3-7)16-4-8-5-18-6-17-8/h1-3,5-6,16H,4H2. The molecule has 0 amide bonds. The van der Waals surface area contributed by atoms with E-state index in [1.807, 2.05) is 0 Å². The minimum absolute atomic E-state index is 0.0462. The lowest BCUT2D eigenvalue weighted by molar-refractivity contribution is -0.137. The molecule has 1 N–H and O–H groups in total. The van der Waals surface area contributed by atoms with E-state index in [9.17, 15) is 13.2 Å². The van der Waals surface area contributed by atoms with E-state index < -0.39 is 11.7 Å². The number of benzene rings is 1. The number of halogens is 4. The number of thiazole rings is 1. The molecular formula is C11H8BrF3N2S. The van der Waals surface area contributed by atoms with Crippen LogP contribution in [0.2, 0.25) is 0 Å². The first-order valence-corrected chi connectivity index (χ1v) is 6.68. The molecule has 0 fully saturated rings. The van der Waals surface area contributed by atoms with Crippen molar-refractivity contribution in [1.82, 2.24) is 4.98 Å². The van der Waals surface area contributed by atoms with Crippen molar-refractivity contribution in [3.8, 4) is 0 Å². The Kier molecular flexibility index (Phi) is 3.91. The van der Waals surface area contributed by atoms with Crippen LogP contribution in [-0.4, -0.2) is 4.98 Å². The Morgan fingerprint density at radius 1 is 1.33 bits per heavy atom. The van der Waals surface area contributed by atoms with E-state index in [4.69, 9.17) is 0 Å². The monoisotopic (exact) mass is 336 g/mol. The maximum Gasteiger partial charge on any atom is 0.418 e. The lowest BCUT2D eigenvalue weighted by Gasteiger charge is -2.14. The second-order valence-corrected chi connectivity index (χ2v) is 5.16. The van der Waals surface area contributed by atoms with Gasteiger partial charge < -0.3 is 5.32 Å². The van der Waals surface area contributed by atoms with Crippen molar-refractivity contribution < 1.29 is 13.2 Å². The van der Waals surface area contributed by atoms with E-state index in [0.29, 0.717) is 10.2 Å². The number of hydrogen-bond donors (Lipinski definition) is 1. The highest BCUT2D eigenvalue weighted by atomic mass is 79.9. The average molecular weight is 337 g/mol. The molecule has 0 atom stereocenters. The third-order valence-corrected chi connectivity index (χ3v) is 3.36. The first-order valence-electron chi connectivity index (χ1n) is 4.94. The topological polar surface area (TPSA) is 24.9 Å². The largest absolute Gasteiger partial charge is 0.418 e. The number of anilines is 1. The Bertz CT molecular complexity index is 526. The van der Waals surface area contributed by atoms with Gasteiger partial charge in [0.05, 0.1) is 23.3 Å². The molecule has 0 saturated carbocycles. The lowest BCUT2D eigenvalue weighted by atomic mass is 10.1. The van der Waals surface area contributed by atoms with E-state index in [-0.39, 0.29) is 12.2 Å². The first-order chi connectivity index (χ1) is 8.47. The van der Waals surface area contributed by atoms with Gasteiger partial charge in [0.15, 0.2) is 0 Å². The third-order valence-electron chi connectivity index (χ3n) is 2.23. The van der Waals surface area contributed by atoms with Crippen LogP contribution in [0.15, 0.2) is 33.6 Å². The fourth-order valence-corrected chi connectivity index (χ4v) is 2.34. The maximum atomic E-state index is 12.8. The Morgan fingerprint density at radius 2 is 2.11 bits per heavy atom. The highest BCUT2D eigenvalue weighted by Crippen LogP contribution is 2.36. The highest BCUT2D eigenvalue weighted by molar-refractivity contribution is 9.10. The molecule has 0 unspecified atom stereocenters. The highest BCUT2D eigenvalue weighted by Gasteiger charge is 2.33. The smallest absolute Gasteiger partial charge is 0.379 e. The lowest BCUT2D eigenvalue weighted by Crippen LogP contribution is -2.10. The summed E-state index contributed by atoms with van der Waals surface area (Å²) in [4.78, 5) is 4.01. The van der Waals surface area contributed by atoms with Gasteiger partial charge in [0.1, 0.15) is 0 Å². The van der Waals surface area contributed by atoms with Crippen LogP contribution in [-0.2, 0) is 12.7 Å². The van der Waals surface area contributed by atoms with Gasteiger partial charge in [0.25, 0.3) is 0 Å². The van der Waals surface area contributed by atoms with Crippen molar-refractivity contribution >= 4 is 33.0 Å². The van der Waals surface area contributed by atoms with Crippen molar-refractivity contribution in [2.45, 2.75) is 12.7 Å². The van der Waals surface area contributed by atoms with Gasteiger partial charge in [-0.25, -0.2) is 4.98 Å². The second-order valence-electron chi connectivity index (χ2n) is 3.52. The Hall–Kier alpha value is -1.08. The van der Waals surface area contributed by atoms with Crippen LogP contribution in [0.5, 0.6) is 0 Å². The molecule has 0 bridgehead atoms. The predicted octanol–water partition coefficient (Wildman–Crippen LogP) is 4.54. The van der Waals surface area contributed by atoms with Gasteiger partial charge in [-0.05, 0) is 18.2 Å². The van der Waals surface area contributed by atoms with E-state index in [0.717, 1.165) is 6.07 Å². The van der Waals surface area contributed by atoms with Crippen molar-refractivity contribution in [3.63, 3.8) is 0 Å². The van der Waals surface area contributed by atoms with Crippen LogP contribution in [0.4, 0.5) is 18.9 Å². The molecule has 2 aromatic rings. The second kappa shape index (κ2) is 5.27. The third kappa shape index (κ3) is 3.23. The molecule has 0 aliphatic heterocycles. The van der Waals surface area contributed by atoms with Gasteiger partial charge in [0.2, 0.25) is 0 Å². The molecule has 1 heterocycles. The van der Waals surface area contributed by atoms with Crippen molar-refractivity contribution in [1.29, 1.82) is 0 Å². The van der Waals surface area contributed by atoms with Gasteiger partial charge in [-0.3, -0.25) is 0 Å². The van der Waals surface area contributed by atoms with Crippen LogP contribution in [0.3, 0.4) is 0 Å². The number of alkyl halides is 3. The van der Waals surface area contributed by atoms with Crippen LogP contribution < -0.4 is 5.32 Å². The van der Waals surface area contributed by atoms with E-state index in [1.165, 1.54) is 23.5 Å². The Balaban J connectivity index is 2.23. The molecule has 2 rings (SSSR count). The van der Waals surface area contributed by atoms with Crippen molar-refractivity contribution in [3.05, 3.63) is 44.8 Å². The Labute approximate surface area is 114 Å². The molecule has 0 aliphatic rings. The van der Waals surface area contributed by atoms with E-state index in [2.05, 4.69) is 26.2 Å². The van der Waals surface area contributed by atoms with Gasteiger partial charge in [0, 0.05) is 15.5 Å². The number of rotatable bonds is 3. The van der Waals surface area contributed by atoms with Crippen LogP contribution in [0.25, 0.3) is 0 Å². The molecule has 7 heteroatoms. The summed E-state index contributed by atoms with van der Waals surface area (Å²) in [5, 5.41) is 4.55. The number of hydrogen-bond acceptors (Lipinski definition) is 3. The van der Waals surface area contributed by atoms with Crippen LogP contribution >= 0.6 is 27.3 Å². The summed E-state index contributed by atoms with van der Waals surface area (Å²) >= 11 is 4.57. The summed E-state index contributed by atoms with van der Waals surface area (Å²) in [5.74, 6) is 0. The number of nitrogens with zero attached hydrogens (tertiary/aromatic N) is 1. The Morgan fingerprint density at radius 3 is 2.72 bits per heavy atom. The fourth-order valence-electron chi connectivity index (χ4n) is 1.42. The zero-order valence-electron chi connectivity index (χ0n) is 8.96. The van der Waals surface area contributed by atoms with Crippen molar-refractivity contribution in [2.75, 3.05) is 5.32 Å². The summed E-state index contributed by atoms with van der Waals surface area (Å²) in [6.45, 7) is 0.267. The summed E-state index contributed by atoms with van der Waals surface area (Å²) in [6.07, 6.45) is -4.37. The summed E-state index contributed by atoms with van der Waals surface area (Å²) < 4.78 is 38.9. The normalized spacial score (nSPS) is 11.6. The van der Waals surface area contributed by atoms with Crippen LogP contribution in [0.1, 0.15) is 11.3 Å². The number of nitrogens with one attached hydrogen (secondary N) is 1. The summed E-state index contributed by atoms with van der Waals surface area (Å²) in [7, 11) is 0. The van der Waals surface area contributed by atoms with Gasteiger partial charge >= 0.3 is 6.18 Å². The quantitative estimate of drug-likeness (QED) is 0.890. The molecule has 1 aromatic carbocycles. The minimum Gasteiger partial charge on any atom is -0.379 e. The molecule has 1 aromatic heterocycles. The van der Waals surface area contributed by atoms with E-state index in [1.54, 1.807) is 10.9 Å². The molecule has 0 aliphatic carbocycles. The molecule has 96 valence electrons. The molecule has 0 saturated heterocycles. The molecule has 18 heavy (non-hydrogen) atoms. The van der Waals surface area contributed by atoms with Crippen molar-refractivity contribution in [2.24, 2.45) is 0 Å². The molecule has 2 nitrogen and oxygen atoms in total. The maximum absolute atomic E-state index is 12.8. The summed E-state index contributed by atoms with van der Waals surface area (Å²) in [5.41, 5.74) is 1.72. The molecule has 0 spiro atoms. The van der Waals surface area contributed by atoms with Gasteiger partial charge in [-0.15, -0.1) is 11.3 Å². The fraction of sp³-hybridized carbons (Fsp3) is 0.182. The average Bonchev–Trinajstić information content (AvgIpc) is 2.77. The zero-order valence-corrected chi connectivity index (χ0v) is 11.4. The predicted molar refractivity (Wildman–Crippen MR) is 68.6 cm³/mol. The first kappa shape index (κ1) is 13.4. The molecular weight excluding hydrogens is 329 g/mol.